The van der Waals surface area contributed by atoms with E-state index in [9.17, 15) is 4.39 Å². The van der Waals surface area contributed by atoms with Crippen molar-refractivity contribution in [1.29, 1.82) is 0 Å². The van der Waals surface area contributed by atoms with Crippen LogP contribution in [0.1, 0.15) is 11.1 Å². The summed E-state index contributed by atoms with van der Waals surface area (Å²) in [5.74, 6) is -0.194. The van der Waals surface area contributed by atoms with Crippen molar-refractivity contribution in [1.82, 2.24) is 4.98 Å². The minimum Gasteiger partial charge on any atom is -0.381 e. The van der Waals surface area contributed by atoms with Crippen molar-refractivity contribution in [3.63, 3.8) is 0 Å². The quantitative estimate of drug-likeness (QED) is 0.706. The highest BCUT2D eigenvalue weighted by Crippen LogP contribution is 2.23. The van der Waals surface area contributed by atoms with Gasteiger partial charge >= 0.3 is 0 Å². The van der Waals surface area contributed by atoms with Crippen LogP contribution in [0.4, 0.5) is 10.1 Å². The molecule has 4 heteroatoms. The van der Waals surface area contributed by atoms with Gasteiger partial charge in [-0.1, -0.05) is 23.7 Å². The summed E-state index contributed by atoms with van der Waals surface area (Å²) < 4.78 is 13.5. The lowest BCUT2D eigenvalue weighted by molar-refractivity contribution is 0.619. The summed E-state index contributed by atoms with van der Waals surface area (Å²) in [6.07, 6.45) is 1.94. The Morgan fingerprint density at radius 3 is 2.85 bits per heavy atom. The predicted octanol–water partition coefficient (Wildman–Crippen LogP) is 4.88. The van der Waals surface area contributed by atoms with Gasteiger partial charge in [0.15, 0.2) is 0 Å². The fourth-order valence-corrected chi connectivity index (χ4v) is 2.38. The zero-order valence-corrected chi connectivity index (χ0v) is 11.8. The number of aromatic amines is 1. The fraction of sp³-hybridized carbons (Fsp3) is 0.125. The van der Waals surface area contributed by atoms with E-state index in [0.717, 1.165) is 22.2 Å². The van der Waals surface area contributed by atoms with Crippen molar-refractivity contribution in [2.45, 2.75) is 13.5 Å². The van der Waals surface area contributed by atoms with E-state index in [0.29, 0.717) is 17.1 Å². The minimum atomic E-state index is -0.194. The van der Waals surface area contributed by atoms with E-state index in [-0.39, 0.29) is 5.82 Å². The molecular formula is C16H14ClFN2. The predicted molar refractivity (Wildman–Crippen MR) is 81.8 cm³/mol. The number of benzene rings is 2. The SMILES string of the molecule is Cc1ccc(NCc2c[nH]c3cc(Cl)ccc23)cc1F. The van der Waals surface area contributed by atoms with Gasteiger partial charge in [-0.3, -0.25) is 0 Å². The van der Waals surface area contributed by atoms with Gasteiger partial charge in [-0.15, -0.1) is 0 Å². The van der Waals surface area contributed by atoms with Gasteiger partial charge in [-0.2, -0.15) is 0 Å². The third-order valence-electron chi connectivity index (χ3n) is 3.38. The van der Waals surface area contributed by atoms with Gasteiger partial charge in [0.05, 0.1) is 0 Å². The first kappa shape index (κ1) is 13.0. The van der Waals surface area contributed by atoms with E-state index >= 15 is 0 Å². The van der Waals surface area contributed by atoms with Crippen molar-refractivity contribution in [3.05, 3.63) is 64.6 Å². The normalized spacial score (nSPS) is 10.9. The van der Waals surface area contributed by atoms with E-state index < -0.39 is 0 Å². The number of aromatic nitrogens is 1. The van der Waals surface area contributed by atoms with Crippen molar-refractivity contribution < 1.29 is 4.39 Å². The molecule has 2 N–H and O–H groups in total. The van der Waals surface area contributed by atoms with Crippen molar-refractivity contribution >= 4 is 28.2 Å². The molecule has 1 aromatic heterocycles. The van der Waals surface area contributed by atoms with Crippen molar-refractivity contribution in [2.75, 3.05) is 5.32 Å². The fourth-order valence-electron chi connectivity index (χ4n) is 2.20. The highest BCUT2D eigenvalue weighted by atomic mass is 35.5. The number of halogens is 2. The second kappa shape index (κ2) is 5.17. The van der Waals surface area contributed by atoms with Crippen LogP contribution in [0.2, 0.25) is 5.02 Å². The molecule has 0 radical (unpaired) electrons. The number of hydrogen-bond acceptors (Lipinski definition) is 1. The summed E-state index contributed by atoms with van der Waals surface area (Å²) in [4.78, 5) is 3.19. The lowest BCUT2D eigenvalue weighted by atomic mass is 10.1. The van der Waals surface area contributed by atoms with Gasteiger partial charge in [0, 0.05) is 34.4 Å². The Hall–Kier alpha value is -2.00. The van der Waals surface area contributed by atoms with Gasteiger partial charge in [0.1, 0.15) is 5.82 Å². The number of aryl methyl sites for hydroxylation is 1. The lowest BCUT2D eigenvalue weighted by Crippen LogP contribution is -1.99. The first-order chi connectivity index (χ1) is 9.63. The minimum absolute atomic E-state index is 0.194. The van der Waals surface area contributed by atoms with Crippen LogP contribution >= 0.6 is 11.6 Å². The molecule has 0 saturated carbocycles. The number of hydrogen-bond donors (Lipinski definition) is 2. The molecule has 2 aromatic carbocycles. The van der Waals surface area contributed by atoms with Crippen molar-refractivity contribution in [3.8, 4) is 0 Å². The number of anilines is 1. The molecule has 102 valence electrons. The largest absolute Gasteiger partial charge is 0.381 e. The molecule has 0 spiro atoms. The molecule has 20 heavy (non-hydrogen) atoms. The van der Waals surface area contributed by atoms with E-state index in [4.69, 9.17) is 11.6 Å². The first-order valence-electron chi connectivity index (χ1n) is 6.39. The highest BCUT2D eigenvalue weighted by Gasteiger charge is 2.05. The molecule has 0 amide bonds. The summed E-state index contributed by atoms with van der Waals surface area (Å²) in [5, 5.41) is 5.06. The second-order valence-electron chi connectivity index (χ2n) is 4.82. The number of nitrogens with one attached hydrogen (secondary N) is 2. The molecule has 3 rings (SSSR count). The Morgan fingerprint density at radius 2 is 2.05 bits per heavy atom. The highest BCUT2D eigenvalue weighted by molar-refractivity contribution is 6.31. The zero-order valence-electron chi connectivity index (χ0n) is 11.0. The van der Waals surface area contributed by atoms with Gasteiger partial charge in [-0.25, -0.2) is 4.39 Å². The summed E-state index contributed by atoms with van der Waals surface area (Å²) in [5.41, 5.74) is 3.55. The lowest BCUT2D eigenvalue weighted by Gasteiger charge is -2.07. The molecule has 3 aromatic rings. The molecule has 2 nitrogen and oxygen atoms in total. The molecule has 0 unspecified atom stereocenters. The number of fused-ring (bicyclic) bond motifs is 1. The average Bonchev–Trinajstić information content (AvgIpc) is 2.82. The smallest absolute Gasteiger partial charge is 0.128 e. The first-order valence-corrected chi connectivity index (χ1v) is 6.77. The monoisotopic (exact) mass is 288 g/mol. The molecule has 0 aliphatic rings. The maximum Gasteiger partial charge on any atom is 0.128 e. The Labute approximate surface area is 121 Å². The molecule has 0 atom stereocenters. The third kappa shape index (κ3) is 2.49. The average molecular weight is 289 g/mol. The molecule has 0 fully saturated rings. The van der Waals surface area contributed by atoms with Gasteiger partial charge < -0.3 is 10.3 Å². The Kier molecular flexibility index (Phi) is 3.36. The van der Waals surface area contributed by atoms with E-state index in [1.165, 1.54) is 6.07 Å². The van der Waals surface area contributed by atoms with Gasteiger partial charge in [0.25, 0.3) is 0 Å². The van der Waals surface area contributed by atoms with Crippen LogP contribution in [0.5, 0.6) is 0 Å². The van der Waals surface area contributed by atoms with E-state index in [1.54, 1.807) is 13.0 Å². The molecule has 0 aliphatic heterocycles. The summed E-state index contributed by atoms with van der Waals surface area (Å²) in [6, 6.07) is 10.9. The summed E-state index contributed by atoms with van der Waals surface area (Å²) >= 11 is 5.96. The van der Waals surface area contributed by atoms with Crippen LogP contribution in [0.15, 0.2) is 42.6 Å². The van der Waals surface area contributed by atoms with Crippen LogP contribution in [0.3, 0.4) is 0 Å². The summed E-state index contributed by atoms with van der Waals surface area (Å²) in [7, 11) is 0. The maximum absolute atomic E-state index is 13.5. The zero-order chi connectivity index (χ0) is 14.1. The second-order valence-corrected chi connectivity index (χ2v) is 5.26. The van der Waals surface area contributed by atoms with Crippen LogP contribution < -0.4 is 5.32 Å². The van der Waals surface area contributed by atoms with Crippen LogP contribution in [0, 0.1) is 12.7 Å². The number of rotatable bonds is 3. The van der Waals surface area contributed by atoms with Gasteiger partial charge in [-0.05, 0) is 42.3 Å². The maximum atomic E-state index is 13.5. The third-order valence-corrected chi connectivity index (χ3v) is 3.62. The van der Waals surface area contributed by atoms with Gasteiger partial charge in [0.2, 0.25) is 0 Å². The molecule has 0 saturated heterocycles. The molecule has 0 aliphatic carbocycles. The Balaban J connectivity index is 1.81. The van der Waals surface area contributed by atoms with Crippen LogP contribution in [0.25, 0.3) is 10.9 Å². The van der Waals surface area contributed by atoms with Crippen LogP contribution in [-0.4, -0.2) is 4.98 Å². The standard InChI is InChI=1S/C16H14ClFN2/c1-10-2-4-13(7-15(10)18)19-8-11-9-20-16-6-12(17)3-5-14(11)16/h2-7,9,19-20H,8H2,1H3. The Bertz CT molecular complexity index is 764. The number of H-pyrrole nitrogens is 1. The van der Waals surface area contributed by atoms with Crippen LogP contribution in [-0.2, 0) is 6.54 Å². The molecule has 0 bridgehead atoms. The summed E-state index contributed by atoms with van der Waals surface area (Å²) in [6.45, 7) is 2.38. The molecular weight excluding hydrogens is 275 g/mol. The Morgan fingerprint density at radius 1 is 1.20 bits per heavy atom. The van der Waals surface area contributed by atoms with Crippen molar-refractivity contribution in [2.24, 2.45) is 0 Å². The topological polar surface area (TPSA) is 27.8 Å². The molecule has 1 heterocycles. The van der Waals surface area contributed by atoms with E-state index in [2.05, 4.69) is 10.3 Å². The van der Waals surface area contributed by atoms with E-state index in [1.807, 2.05) is 30.5 Å².